The second-order valence-electron chi connectivity index (χ2n) is 5.63. The van der Waals surface area contributed by atoms with Crippen LogP contribution in [0.25, 0.3) is 11.1 Å². The lowest BCUT2D eigenvalue weighted by Gasteiger charge is -2.29. The van der Waals surface area contributed by atoms with E-state index in [2.05, 4.69) is 34.5 Å². The lowest BCUT2D eigenvalue weighted by molar-refractivity contribution is 0.544. The molecule has 1 aromatic heterocycles. The molecule has 0 radical (unpaired) electrons. The van der Waals surface area contributed by atoms with Crippen molar-refractivity contribution in [3.05, 3.63) is 60.0 Å². The molecular weight excluding hydrogens is 274 g/mol. The summed E-state index contributed by atoms with van der Waals surface area (Å²) in [6.07, 6.45) is 0.733. The molecule has 0 spiro atoms. The summed E-state index contributed by atoms with van der Waals surface area (Å²) in [6, 6.07) is 16.5. The molecule has 2 aromatic carbocycles. The maximum Gasteiger partial charge on any atom is 0.199 e. The Morgan fingerprint density at radius 1 is 1.00 bits per heavy atom. The molecular formula is C18H19N3O. The molecule has 0 saturated carbocycles. The van der Waals surface area contributed by atoms with Crippen molar-refractivity contribution in [2.75, 3.05) is 31.1 Å². The number of para-hydroxylation sites is 1. The third-order valence-corrected chi connectivity index (χ3v) is 4.10. The Hall–Kier alpha value is -2.33. The third-order valence-electron chi connectivity index (χ3n) is 4.10. The molecule has 3 aromatic rings. The van der Waals surface area contributed by atoms with Crippen LogP contribution in [0.1, 0.15) is 11.5 Å². The maximum atomic E-state index is 5.95. The predicted molar refractivity (Wildman–Crippen MR) is 88.3 cm³/mol. The van der Waals surface area contributed by atoms with Crippen LogP contribution >= 0.6 is 0 Å². The number of fused-ring (bicyclic) bond motifs is 1. The van der Waals surface area contributed by atoms with Crippen molar-refractivity contribution in [1.29, 1.82) is 0 Å². The van der Waals surface area contributed by atoms with E-state index in [1.165, 1.54) is 11.3 Å². The Balaban J connectivity index is 1.68. The van der Waals surface area contributed by atoms with Crippen molar-refractivity contribution in [3.8, 4) is 0 Å². The van der Waals surface area contributed by atoms with Gasteiger partial charge >= 0.3 is 0 Å². The van der Waals surface area contributed by atoms with Gasteiger partial charge in [-0.15, -0.1) is 0 Å². The molecule has 0 amide bonds. The average molecular weight is 293 g/mol. The summed E-state index contributed by atoms with van der Waals surface area (Å²) in [7, 11) is 0. The molecule has 1 fully saturated rings. The van der Waals surface area contributed by atoms with E-state index in [4.69, 9.17) is 9.40 Å². The predicted octanol–water partition coefficient (Wildman–Crippen LogP) is 2.83. The molecule has 4 nitrogen and oxygen atoms in total. The van der Waals surface area contributed by atoms with E-state index >= 15 is 0 Å². The first-order chi connectivity index (χ1) is 10.9. The second kappa shape index (κ2) is 5.81. The maximum absolute atomic E-state index is 5.95. The molecule has 1 N–H and O–H groups in total. The fourth-order valence-corrected chi connectivity index (χ4v) is 2.99. The third kappa shape index (κ3) is 2.57. The molecule has 0 atom stereocenters. The topological polar surface area (TPSA) is 41.3 Å². The van der Waals surface area contributed by atoms with Crippen LogP contribution < -0.4 is 10.2 Å². The Bertz CT molecular complexity index is 760. The Morgan fingerprint density at radius 2 is 1.82 bits per heavy atom. The molecule has 112 valence electrons. The molecule has 4 heteroatoms. The fraction of sp³-hybridized carbons (Fsp3) is 0.278. The summed E-state index contributed by atoms with van der Waals surface area (Å²) in [5.41, 5.74) is 4.26. The van der Waals surface area contributed by atoms with Crippen LogP contribution in [-0.4, -0.2) is 31.2 Å². The Morgan fingerprint density at radius 3 is 2.64 bits per heavy atom. The van der Waals surface area contributed by atoms with Crippen LogP contribution in [0.4, 0.5) is 5.69 Å². The average Bonchev–Trinajstić information content (AvgIpc) is 2.99. The number of nitrogens with zero attached hydrogens (tertiary/aromatic N) is 2. The lowest BCUT2D eigenvalue weighted by atomic mass is 10.1. The van der Waals surface area contributed by atoms with Gasteiger partial charge in [-0.1, -0.05) is 36.4 Å². The Labute approximate surface area is 129 Å². The minimum atomic E-state index is 0.733. The number of hydrogen-bond donors (Lipinski definition) is 1. The smallest absolute Gasteiger partial charge is 0.199 e. The summed E-state index contributed by atoms with van der Waals surface area (Å²) in [5.74, 6) is 0.781. The normalized spacial score (nSPS) is 15.4. The van der Waals surface area contributed by atoms with E-state index in [1.807, 2.05) is 24.3 Å². The molecule has 0 aliphatic carbocycles. The highest BCUT2D eigenvalue weighted by Gasteiger charge is 2.16. The minimum Gasteiger partial charge on any atom is -0.440 e. The first-order valence-corrected chi connectivity index (χ1v) is 7.78. The number of oxazole rings is 1. The summed E-state index contributed by atoms with van der Waals surface area (Å²) < 4.78 is 5.95. The van der Waals surface area contributed by atoms with Crippen molar-refractivity contribution < 1.29 is 4.42 Å². The number of anilines is 1. The van der Waals surface area contributed by atoms with Gasteiger partial charge in [0.25, 0.3) is 0 Å². The molecule has 1 aliphatic rings. The van der Waals surface area contributed by atoms with Crippen molar-refractivity contribution >= 4 is 16.8 Å². The van der Waals surface area contributed by atoms with Gasteiger partial charge in [0, 0.05) is 32.6 Å². The van der Waals surface area contributed by atoms with E-state index in [1.54, 1.807) is 0 Å². The quantitative estimate of drug-likeness (QED) is 0.806. The van der Waals surface area contributed by atoms with E-state index in [9.17, 15) is 0 Å². The summed E-state index contributed by atoms with van der Waals surface area (Å²) >= 11 is 0. The van der Waals surface area contributed by atoms with Gasteiger partial charge < -0.3 is 14.6 Å². The van der Waals surface area contributed by atoms with Gasteiger partial charge in [0.05, 0.1) is 5.69 Å². The molecule has 1 saturated heterocycles. The monoisotopic (exact) mass is 293 g/mol. The number of hydrogen-bond acceptors (Lipinski definition) is 4. The standard InChI is InChI=1S/C18H19N3O/c1-2-5-14(6-3-1)13-17-20-18-15(7-4-8-16(18)22-17)21-11-9-19-10-12-21/h1-8,19H,9-13H2. The van der Waals surface area contributed by atoms with Gasteiger partial charge in [0.15, 0.2) is 11.5 Å². The van der Waals surface area contributed by atoms with Crippen LogP contribution in [0.3, 0.4) is 0 Å². The largest absolute Gasteiger partial charge is 0.440 e. The van der Waals surface area contributed by atoms with Gasteiger partial charge in [-0.3, -0.25) is 0 Å². The van der Waals surface area contributed by atoms with Crippen LogP contribution in [0.5, 0.6) is 0 Å². The zero-order valence-electron chi connectivity index (χ0n) is 12.5. The van der Waals surface area contributed by atoms with Crippen LogP contribution in [0.2, 0.25) is 0 Å². The van der Waals surface area contributed by atoms with Gasteiger partial charge in [-0.05, 0) is 17.7 Å². The molecule has 1 aliphatic heterocycles. The van der Waals surface area contributed by atoms with Gasteiger partial charge in [-0.2, -0.15) is 0 Å². The van der Waals surface area contributed by atoms with Gasteiger partial charge in [-0.25, -0.2) is 4.98 Å². The van der Waals surface area contributed by atoms with Crippen molar-refractivity contribution in [2.45, 2.75) is 6.42 Å². The summed E-state index contributed by atoms with van der Waals surface area (Å²) in [5, 5.41) is 3.38. The van der Waals surface area contributed by atoms with Crippen LogP contribution in [0, 0.1) is 0 Å². The molecule has 4 rings (SSSR count). The molecule has 22 heavy (non-hydrogen) atoms. The van der Waals surface area contributed by atoms with Crippen molar-refractivity contribution in [3.63, 3.8) is 0 Å². The number of nitrogens with one attached hydrogen (secondary N) is 1. The number of benzene rings is 2. The van der Waals surface area contributed by atoms with Crippen LogP contribution in [-0.2, 0) is 6.42 Å². The van der Waals surface area contributed by atoms with Crippen molar-refractivity contribution in [2.24, 2.45) is 0 Å². The first-order valence-electron chi connectivity index (χ1n) is 7.78. The number of rotatable bonds is 3. The lowest BCUT2D eigenvalue weighted by Crippen LogP contribution is -2.43. The highest BCUT2D eigenvalue weighted by molar-refractivity contribution is 5.87. The van der Waals surface area contributed by atoms with E-state index in [-0.39, 0.29) is 0 Å². The molecule has 0 unspecified atom stereocenters. The second-order valence-corrected chi connectivity index (χ2v) is 5.63. The Kier molecular flexibility index (Phi) is 3.52. The summed E-state index contributed by atoms with van der Waals surface area (Å²) in [4.78, 5) is 7.14. The number of piperazine rings is 1. The van der Waals surface area contributed by atoms with Crippen molar-refractivity contribution in [1.82, 2.24) is 10.3 Å². The molecule has 2 heterocycles. The molecule has 0 bridgehead atoms. The van der Waals surface area contributed by atoms with Gasteiger partial charge in [0.2, 0.25) is 0 Å². The minimum absolute atomic E-state index is 0.733. The van der Waals surface area contributed by atoms with E-state index in [0.29, 0.717) is 0 Å². The SMILES string of the molecule is c1ccc(Cc2nc3c(N4CCNCC4)cccc3o2)cc1. The first kappa shape index (κ1) is 13.3. The zero-order chi connectivity index (χ0) is 14.8. The number of aromatic nitrogens is 1. The van der Waals surface area contributed by atoms with Crippen LogP contribution in [0.15, 0.2) is 52.9 Å². The van der Waals surface area contributed by atoms with E-state index in [0.717, 1.165) is 49.6 Å². The fourth-order valence-electron chi connectivity index (χ4n) is 2.99. The zero-order valence-corrected chi connectivity index (χ0v) is 12.5. The van der Waals surface area contributed by atoms with Gasteiger partial charge in [0.1, 0.15) is 5.52 Å². The van der Waals surface area contributed by atoms with E-state index < -0.39 is 0 Å². The highest BCUT2D eigenvalue weighted by Crippen LogP contribution is 2.28. The highest BCUT2D eigenvalue weighted by atomic mass is 16.3. The summed E-state index contributed by atoms with van der Waals surface area (Å²) in [6.45, 7) is 4.07.